The van der Waals surface area contributed by atoms with Gasteiger partial charge in [0.1, 0.15) is 0 Å². The molecule has 20 heavy (non-hydrogen) atoms. The third-order valence-electron chi connectivity index (χ3n) is 4.27. The zero-order valence-electron chi connectivity index (χ0n) is 13.2. The van der Waals surface area contributed by atoms with E-state index in [0.29, 0.717) is 12.1 Å². The first kappa shape index (κ1) is 16.0. The predicted octanol–water partition coefficient (Wildman–Crippen LogP) is 3.15. The van der Waals surface area contributed by atoms with Crippen molar-refractivity contribution in [3.63, 3.8) is 0 Å². The van der Waals surface area contributed by atoms with Gasteiger partial charge in [-0.2, -0.15) is 0 Å². The second kappa shape index (κ2) is 7.03. The summed E-state index contributed by atoms with van der Waals surface area (Å²) in [5.74, 6) is 0. The molecule has 2 heterocycles. The highest BCUT2D eigenvalue weighted by Crippen LogP contribution is 2.32. The summed E-state index contributed by atoms with van der Waals surface area (Å²) in [6.07, 6.45) is 1.16. The highest BCUT2D eigenvalue weighted by Gasteiger charge is 2.36. The zero-order valence-corrected chi connectivity index (χ0v) is 14.0. The van der Waals surface area contributed by atoms with Crippen LogP contribution in [-0.4, -0.2) is 44.3 Å². The van der Waals surface area contributed by atoms with Gasteiger partial charge in [-0.1, -0.05) is 19.9 Å². The molecule has 0 radical (unpaired) electrons. The maximum absolute atomic E-state index is 5.70. The van der Waals surface area contributed by atoms with E-state index in [1.54, 1.807) is 0 Å². The van der Waals surface area contributed by atoms with Crippen LogP contribution in [0.5, 0.6) is 0 Å². The first-order chi connectivity index (χ1) is 9.52. The zero-order chi connectivity index (χ0) is 14.6. The Morgan fingerprint density at radius 1 is 1.45 bits per heavy atom. The van der Waals surface area contributed by atoms with Crippen molar-refractivity contribution in [2.24, 2.45) is 5.41 Å². The number of hydrogen-bond donors (Lipinski definition) is 1. The van der Waals surface area contributed by atoms with Gasteiger partial charge in [-0.25, -0.2) is 0 Å². The van der Waals surface area contributed by atoms with Gasteiger partial charge in [0.2, 0.25) is 0 Å². The predicted molar refractivity (Wildman–Crippen MR) is 86.4 cm³/mol. The highest BCUT2D eigenvalue weighted by molar-refractivity contribution is 7.10. The smallest absolute Gasteiger partial charge is 0.0547 e. The van der Waals surface area contributed by atoms with Gasteiger partial charge >= 0.3 is 0 Å². The van der Waals surface area contributed by atoms with Crippen molar-refractivity contribution < 1.29 is 4.74 Å². The van der Waals surface area contributed by atoms with E-state index in [1.165, 1.54) is 4.88 Å². The average Bonchev–Trinajstić information content (AvgIpc) is 3.07. The summed E-state index contributed by atoms with van der Waals surface area (Å²) in [6.45, 7) is 10.6. The molecule has 114 valence electrons. The fourth-order valence-electron chi connectivity index (χ4n) is 2.80. The Hall–Kier alpha value is -0.420. The number of hydrogen-bond acceptors (Lipinski definition) is 4. The molecule has 1 fully saturated rings. The van der Waals surface area contributed by atoms with Crippen LogP contribution in [0.15, 0.2) is 17.5 Å². The lowest BCUT2D eigenvalue weighted by atomic mass is 9.86. The Morgan fingerprint density at radius 2 is 2.25 bits per heavy atom. The molecule has 4 heteroatoms. The minimum absolute atomic E-state index is 0.268. The quantitative estimate of drug-likeness (QED) is 0.836. The number of nitrogens with zero attached hydrogens (tertiary/aromatic N) is 1. The Bertz CT molecular complexity index is 385. The molecular formula is C16H28N2OS. The summed E-state index contributed by atoms with van der Waals surface area (Å²) in [4.78, 5) is 3.92. The van der Waals surface area contributed by atoms with Gasteiger partial charge in [-0.15, -0.1) is 11.3 Å². The molecule has 2 unspecified atom stereocenters. The SMILES string of the molecule is CC(C)NCC1(CN(C)C(C)c2cccs2)CCOC1. The summed E-state index contributed by atoms with van der Waals surface area (Å²) >= 11 is 1.85. The normalized spacial score (nSPS) is 24.7. The van der Waals surface area contributed by atoms with Crippen LogP contribution in [0.2, 0.25) is 0 Å². The van der Waals surface area contributed by atoms with Crippen molar-refractivity contribution in [1.29, 1.82) is 0 Å². The van der Waals surface area contributed by atoms with E-state index in [1.807, 2.05) is 11.3 Å². The molecule has 0 aliphatic carbocycles. The lowest BCUT2D eigenvalue weighted by molar-refractivity contribution is 0.103. The Kier molecular flexibility index (Phi) is 5.61. The third kappa shape index (κ3) is 4.04. The molecule has 1 aliphatic rings. The molecule has 1 aromatic heterocycles. The van der Waals surface area contributed by atoms with Crippen LogP contribution in [0.3, 0.4) is 0 Å². The van der Waals surface area contributed by atoms with Gasteiger partial charge in [-0.3, -0.25) is 4.90 Å². The van der Waals surface area contributed by atoms with E-state index in [4.69, 9.17) is 4.74 Å². The van der Waals surface area contributed by atoms with Crippen molar-refractivity contribution in [2.75, 3.05) is 33.4 Å². The van der Waals surface area contributed by atoms with Gasteiger partial charge in [0.05, 0.1) is 6.61 Å². The molecule has 1 saturated heterocycles. The maximum atomic E-state index is 5.70. The van der Waals surface area contributed by atoms with Crippen molar-refractivity contribution in [3.05, 3.63) is 22.4 Å². The summed E-state index contributed by atoms with van der Waals surface area (Å²) in [6, 6.07) is 5.38. The Labute approximate surface area is 127 Å². The standard InChI is InChI=1S/C16H28N2OS/c1-13(2)17-10-16(7-8-19-12-16)11-18(4)14(3)15-6-5-9-20-15/h5-6,9,13-14,17H,7-8,10-12H2,1-4H3. The van der Waals surface area contributed by atoms with Crippen LogP contribution >= 0.6 is 11.3 Å². The monoisotopic (exact) mass is 296 g/mol. The molecule has 2 atom stereocenters. The van der Waals surface area contributed by atoms with Crippen LogP contribution in [-0.2, 0) is 4.74 Å². The molecule has 0 aromatic carbocycles. The number of nitrogens with one attached hydrogen (secondary N) is 1. The molecule has 0 spiro atoms. The molecular weight excluding hydrogens is 268 g/mol. The molecule has 2 rings (SSSR count). The number of ether oxygens (including phenoxy) is 1. The third-order valence-corrected chi connectivity index (χ3v) is 5.31. The number of thiophene rings is 1. The Morgan fingerprint density at radius 3 is 2.80 bits per heavy atom. The Balaban J connectivity index is 1.97. The van der Waals surface area contributed by atoms with Gasteiger partial charge in [0.25, 0.3) is 0 Å². The fraction of sp³-hybridized carbons (Fsp3) is 0.750. The van der Waals surface area contributed by atoms with E-state index < -0.39 is 0 Å². The van der Waals surface area contributed by atoms with Crippen molar-refractivity contribution in [1.82, 2.24) is 10.2 Å². The van der Waals surface area contributed by atoms with Crippen molar-refractivity contribution in [2.45, 2.75) is 39.3 Å². The summed E-state index contributed by atoms with van der Waals surface area (Å²) in [5, 5.41) is 5.76. The van der Waals surface area contributed by atoms with E-state index in [2.05, 4.69) is 55.5 Å². The van der Waals surface area contributed by atoms with E-state index in [9.17, 15) is 0 Å². The van der Waals surface area contributed by atoms with Crippen LogP contribution < -0.4 is 5.32 Å². The van der Waals surface area contributed by atoms with E-state index in [0.717, 1.165) is 32.7 Å². The second-order valence-corrected chi connectivity index (χ2v) is 7.42. The molecule has 0 bridgehead atoms. The second-order valence-electron chi connectivity index (χ2n) is 6.44. The van der Waals surface area contributed by atoms with Crippen molar-refractivity contribution >= 4 is 11.3 Å². The largest absolute Gasteiger partial charge is 0.381 e. The molecule has 1 aliphatic heterocycles. The van der Waals surface area contributed by atoms with Gasteiger partial charge in [0, 0.05) is 42.1 Å². The van der Waals surface area contributed by atoms with Crippen LogP contribution in [0, 0.1) is 5.41 Å². The molecule has 1 aromatic rings. The van der Waals surface area contributed by atoms with Gasteiger partial charge < -0.3 is 10.1 Å². The van der Waals surface area contributed by atoms with E-state index in [-0.39, 0.29) is 5.41 Å². The average molecular weight is 296 g/mol. The molecule has 3 nitrogen and oxygen atoms in total. The van der Waals surface area contributed by atoms with Gasteiger partial charge in [0.15, 0.2) is 0 Å². The maximum Gasteiger partial charge on any atom is 0.0547 e. The minimum atomic E-state index is 0.268. The van der Waals surface area contributed by atoms with Crippen LogP contribution in [0.1, 0.15) is 38.1 Å². The van der Waals surface area contributed by atoms with Crippen molar-refractivity contribution in [3.8, 4) is 0 Å². The van der Waals surface area contributed by atoms with E-state index >= 15 is 0 Å². The molecule has 0 amide bonds. The highest BCUT2D eigenvalue weighted by atomic mass is 32.1. The van der Waals surface area contributed by atoms with Crippen LogP contribution in [0.25, 0.3) is 0 Å². The summed E-state index contributed by atoms with van der Waals surface area (Å²) in [7, 11) is 2.24. The van der Waals surface area contributed by atoms with Crippen LogP contribution in [0.4, 0.5) is 0 Å². The summed E-state index contributed by atoms with van der Waals surface area (Å²) < 4.78 is 5.70. The van der Waals surface area contributed by atoms with Gasteiger partial charge in [-0.05, 0) is 31.8 Å². The first-order valence-electron chi connectivity index (χ1n) is 7.57. The molecule has 1 N–H and O–H groups in total. The fourth-order valence-corrected chi connectivity index (χ4v) is 3.65. The molecule has 0 saturated carbocycles. The topological polar surface area (TPSA) is 24.5 Å². The minimum Gasteiger partial charge on any atom is -0.381 e. The first-order valence-corrected chi connectivity index (χ1v) is 8.45. The number of rotatable bonds is 7. The lowest BCUT2D eigenvalue weighted by Crippen LogP contribution is -2.45. The summed E-state index contributed by atoms with van der Waals surface area (Å²) in [5.41, 5.74) is 0.268. The lowest BCUT2D eigenvalue weighted by Gasteiger charge is -2.35.